The minimum atomic E-state index is 0.227. The molecule has 1 aromatic heterocycles. The van der Waals surface area contributed by atoms with Gasteiger partial charge < -0.3 is 10.0 Å². The van der Waals surface area contributed by atoms with Crippen molar-refractivity contribution in [2.24, 2.45) is 0 Å². The third kappa shape index (κ3) is 3.45. The molecule has 0 bridgehead atoms. The summed E-state index contributed by atoms with van der Waals surface area (Å²) in [5, 5.41) is 19.3. The Balaban J connectivity index is 1.57. The van der Waals surface area contributed by atoms with Crippen LogP contribution in [0.1, 0.15) is 61.8 Å². The van der Waals surface area contributed by atoms with Crippen molar-refractivity contribution in [1.29, 1.82) is 5.26 Å². The molecule has 1 aromatic rings. The van der Waals surface area contributed by atoms with Crippen LogP contribution in [0.4, 0.5) is 5.82 Å². The smallest absolute Gasteiger partial charge is 0.146 e. The number of aromatic nitrogens is 1. The molecule has 140 valence electrons. The molecular formula is C21H30N4O. The number of hydrogen-bond acceptors (Lipinski definition) is 5. The lowest BCUT2D eigenvalue weighted by Crippen LogP contribution is -2.56. The minimum absolute atomic E-state index is 0.227. The lowest BCUT2D eigenvalue weighted by atomic mass is 9.94. The highest BCUT2D eigenvalue weighted by Gasteiger charge is 2.34. The molecule has 2 heterocycles. The van der Waals surface area contributed by atoms with E-state index in [0.717, 1.165) is 50.3 Å². The number of aryl methyl sites for hydroxylation is 2. The van der Waals surface area contributed by atoms with Crippen LogP contribution in [0.25, 0.3) is 0 Å². The normalized spacial score (nSPS) is 24.5. The van der Waals surface area contributed by atoms with Gasteiger partial charge in [-0.05, 0) is 56.6 Å². The van der Waals surface area contributed by atoms with E-state index >= 15 is 0 Å². The summed E-state index contributed by atoms with van der Waals surface area (Å²) in [5.74, 6) is 0.877. The number of aliphatic hydroxyl groups excluding tert-OH is 1. The fourth-order valence-corrected chi connectivity index (χ4v) is 5.13. The number of fused-ring (bicyclic) bond motifs is 1. The van der Waals surface area contributed by atoms with Gasteiger partial charge in [-0.25, -0.2) is 4.98 Å². The van der Waals surface area contributed by atoms with E-state index in [1.807, 2.05) is 0 Å². The lowest BCUT2D eigenvalue weighted by molar-refractivity contribution is 0.0981. The van der Waals surface area contributed by atoms with Gasteiger partial charge in [0, 0.05) is 44.0 Å². The number of nitrogens with zero attached hydrogens (tertiary/aromatic N) is 4. The molecule has 1 N–H and O–H groups in total. The van der Waals surface area contributed by atoms with Gasteiger partial charge in [-0.3, -0.25) is 4.90 Å². The highest BCUT2D eigenvalue weighted by Crippen LogP contribution is 2.31. The average molecular weight is 354 g/mol. The van der Waals surface area contributed by atoms with E-state index < -0.39 is 0 Å². The van der Waals surface area contributed by atoms with Gasteiger partial charge in [-0.15, -0.1) is 0 Å². The van der Waals surface area contributed by atoms with E-state index in [1.54, 1.807) is 0 Å². The molecule has 0 radical (unpaired) electrons. The van der Waals surface area contributed by atoms with Crippen molar-refractivity contribution in [3.05, 3.63) is 22.9 Å². The minimum Gasteiger partial charge on any atom is -0.396 e. The Labute approximate surface area is 156 Å². The van der Waals surface area contributed by atoms with Crippen LogP contribution in [0.15, 0.2) is 6.07 Å². The second-order valence-corrected chi connectivity index (χ2v) is 8.07. The van der Waals surface area contributed by atoms with Crippen molar-refractivity contribution in [3.8, 4) is 6.07 Å². The standard InChI is InChI=1S/C21H30N4O/c22-14-17-13-16-5-1-4-8-20(16)23-21(17)24-10-11-25(18-6-2-3-7-18)19(15-24)9-12-26/h13,18-19,26H,1-12,15H2/t19-/m1/s1. The highest BCUT2D eigenvalue weighted by molar-refractivity contribution is 5.57. The number of pyridine rings is 1. The van der Waals surface area contributed by atoms with Crippen LogP contribution in [-0.2, 0) is 12.8 Å². The molecule has 4 rings (SSSR count). The third-order valence-electron chi connectivity index (χ3n) is 6.48. The second kappa shape index (κ2) is 7.94. The van der Waals surface area contributed by atoms with Gasteiger partial charge in [-0.1, -0.05) is 12.8 Å². The maximum absolute atomic E-state index is 9.68. The molecule has 5 nitrogen and oxygen atoms in total. The van der Waals surface area contributed by atoms with Gasteiger partial charge in [0.05, 0.1) is 5.56 Å². The summed E-state index contributed by atoms with van der Waals surface area (Å²) in [6, 6.07) is 5.52. The fourth-order valence-electron chi connectivity index (χ4n) is 5.13. The van der Waals surface area contributed by atoms with E-state index in [-0.39, 0.29) is 6.61 Å². The Kier molecular flexibility index (Phi) is 5.42. The molecule has 2 aliphatic carbocycles. The van der Waals surface area contributed by atoms with Gasteiger partial charge >= 0.3 is 0 Å². The van der Waals surface area contributed by atoms with Crippen molar-refractivity contribution < 1.29 is 5.11 Å². The topological polar surface area (TPSA) is 63.4 Å². The molecule has 0 aromatic carbocycles. The largest absolute Gasteiger partial charge is 0.396 e. The van der Waals surface area contributed by atoms with E-state index in [2.05, 4.69) is 21.9 Å². The van der Waals surface area contributed by atoms with Gasteiger partial charge in [0.25, 0.3) is 0 Å². The van der Waals surface area contributed by atoms with E-state index in [1.165, 1.54) is 49.8 Å². The van der Waals surface area contributed by atoms with E-state index in [0.29, 0.717) is 12.1 Å². The highest BCUT2D eigenvalue weighted by atomic mass is 16.3. The van der Waals surface area contributed by atoms with E-state index in [9.17, 15) is 10.4 Å². The maximum Gasteiger partial charge on any atom is 0.146 e. The predicted octanol–water partition coefficient (Wildman–Crippen LogP) is 2.65. The molecule has 26 heavy (non-hydrogen) atoms. The zero-order chi connectivity index (χ0) is 17.9. The van der Waals surface area contributed by atoms with Crippen molar-refractivity contribution in [2.75, 3.05) is 31.1 Å². The molecule has 0 unspecified atom stereocenters. The predicted molar refractivity (Wildman–Crippen MR) is 102 cm³/mol. The second-order valence-electron chi connectivity index (χ2n) is 8.07. The number of anilines is 1. The van der Waals surface area contributed by atoms with Crippen LogP contribution in [-0.4, -0.2) is 53.3 Å². The first-order valence-electron chi connectivity index (χ1n) is 10.3. The Morgan fingerprint density at radius 2 is 1.96 bits per heavy atom. The molecule has 5 heteroatoms. The van der Waals surface area contributed by atoms with Crippen molar-refractivity contribution >= 4 is 5.82 Å². The lowest BCUT2D eigenvalue weighted by Gasteiger charge is -2.45. The molecule has 0 spiro atoms. The molecule has 2 fully saturated rings. The zero-order valence-corrected chi connectivity index (χ0v) is 15.7. The monoisotopic (exact) mass is 354 g/mol. The van der Waals surface area contributed by atoms with Crippen LogP contribution in [0.2, 0.25) is 0 Å². The van der Waals surface area contributed by atoms with Crippen molar-refractivity contribution in [3.63, 3.8) is 0 Å². The number of piperazine rings is 1. The summed E-state index contributed by atoms with van der Waals surface area (Å²) in [4.78, 5) is 9.88. The van der Waals surface area contributed by atoms with Gasteiger partial charge in [0.1, 0.15) is 11.9 Å². The Morgan fingerprint density at radius 1 is 1.15 bits per heavy atom. The Morgan fingerprint density at radius 3 is 2.73 bits per heavy atom. The van der Waals surface area contributed by atoms with Gasteiger partial charge in [0.15, 0.2) is 0 Å². The fraction of sp³-hybridized carbons (Fsp3) is 0.714. The third-order valence-corrected chi connectivity index (χ3v) is 6.48. The molecule has 1 saturated carbocycles. The number of aliphatic hydroxyl groups is 1. The summed E-state index contributed by atoms with van der Waals surface area (Å²) in [7, 11) is 0. The first-order chi connectivity index (χ1) is 12.8. The van der Waals surface area contributed by atoms with Crippen molar-refractivity contribution in [1.82, 2.24) is 9.88 Å². The molecule has 1 atom stereocenters. The summed E-state index contributed by atoms with van der Waals surface area (Å²) >= 11 is 0. The number of rotatable bonds is 4. The average Bonchev–Trinajstić information content (AvgIpc) is 3.21. The SMILES string of the molecule is N#Cc1cc2c(nc1N1CCN(C3CCCC3)[C@H](CCO)C1)CCCC2. The molecule has 1 aliphatic heterocycles. The number of nitriles is 1. The molecular weight excluding hydrogens is 324 g/mol. The van der Waals surface area contributed by atoms with Gasteiger partial charge in [-0.2, -0.15) is 5.26 Å². The zero-order valence-electron chi connectivity index (χ0n) is 15.7. The van der Waals surface area contributed by atoms with Crippen LogP contribution >= 0.6 is 0 Å². The van der Waals surface area contributed by atoms with Gasteiger partial charge in [0.2, 0.25) is 0 Å². The first-order valence-corrected chi connectivity index (χ1v) is 10.3. The quantitative estimate of drug-likeness (QED) is 0.901. The molecule has 1 saturated heterocycles. The Hall–Kier alpha value is -1.64. The summed E-state index contributed by atoms with van der Waals surface area (Å²) in [6.45, 7) is 3.04. The van der Waals surface area contributed by atoms with Crippen LogP contribution in [0.3, 0.4) is 0 Å². The van der Waals surface area contributed by atoms with E-state index in [4.69, 9.17) is 4.98 Å². The Bertz CT molecular complexity index is 677. The first kappa shape index (κ1) is 17.8. The van der Waals surface area contributed by atoms with Crippen molar-refractivity contribution in [2.45, 2.75) is 69.9 Å². The molecule has 3 aliphatic rings. The summed E-state index contributed by atoms with van der Waals surface area (Å²) in [5.41, 5.74) is 3.19. The summed E-state index contributed by atoms with van der Waals surface area (Å²) in [6.07, 6.45) is 10.6. The summed E-state index contributed by atoms with van der Waals surface area (Å²) < 4.78 is 0. The molecule has 0 amide bonds. The number of hydrogen-bond donors (Lipinski definition) is 1. The van der Waals surface area contributed by atoms with Crippen LogP contribution in [0.5, 0.6) is 0 Å². The maximum atomic E-state index is 9.68. The van der Waals surface area contributed by atoms with Crippen LogP contribution < -0.4 is 4.90 Å². The van der Waals surface area contributed by atoms with Crippen LogP contribution in [0, 0.1) is 11.3 Å².